The van der Waals surface area contributed by atoms with E-state index >= 15 is 0 Å². The highest BCUT2D eigenvalue weighted by Crippen LogP contribution is 2.41. The molecule has 30 heavy (non-hydrogen) atoms. The smallest absolute Gasteiger partial charge is 0.254 e. The summed E-state index contributed by atoms with van der Waals surface area (Å²) in [5.41, 5.74) is 14.0. The monoisotopic (exact) mass is 433 g/mol. The van der Waals surface area contributed by atoms with Gasteiger partial charge in [-0.1, -0.05) is 58.0 Å². The van der Waals surface area contributed by atoms with Gasteiger partial charge in [-0.3, -0.25) is 9.59 Å². The van der Waals surface area contributed by atoms with Gasteiger partial charge in [0, 0.05) is 47.4 Å². The third kappa shape index (κ3) is 5.98. The summed E-state index contributed by atoms with van der Waals surface area (Å²) in [5, 5.41) is 6.35. The second-order valence-electron chi connectivity index (χ2n) is 8.95. The standard InChI is InChI=1S/C21H31N5O3S/c1-20(2)13-30(29,14-21(3,4)19(25-23)18(20)22)26-17(28)11-10-16(27)24-12-15-8-6-5-7-9-15/h5-9,23H,10-14,22H2,1-4H3,(H,24,27). The van der Waals surface area contributed by atoms with Crippen molar-refractivity contribution in [3.8, 4) is 0 Å². The normalized spacial score (nSPS) is 22.7. The summed E-state index contributed by atoms with van der Waals surface area (Å²) >= 11 is 0. The molecule has 0 aromatic heterocycles. The van der Waals surface area contributed by atoms with Crippen molar-refractivity contribution < 1.29 is 13.8 Å². The molecule has 0 fully saturated rings. The predicted octanol–water partition coefficient (Wildman–Crippen LogP) is 3.34. The molecule has 1 atom stereocenters. The van der Waals surface area contributed by atoms with Gasteiger partial charge in [-0.25, -0.2) is 9.74 Å². The van der Waals surface area contributed by atoms with E-state index in [9.17, 15) is 13.8 Å². The number of benzene rings is 1. The first-order valence-electron chi connectivity index (χ1n) is 9.83. The van der Waals surface area contributed by atoms with Crippen molar-refractivity contribution in [1.29, 1.82) is 5.53 Å². The van der Waals surface area contributed by atoms with Gasteiger partial charge in [0.15, 0.2) is 0 Å². The van der Waals surface area contributed by atoms with E-state index in [4.69, 9.17) is 11.3 Å². The largest absolute Gasteiger partial charge is 0.400 e. The van der Waals surface area contributed by atoms with Crippen LogP contribution in [0.4, 0.5) is 0 Å². The number of nitrogens with one attached hydrogen (secondary N) is 2. The Hall–Kier alpha value is -2.55. The fourth-order valence-corrected chi connectivity index (χ4v) is 6.86. The van der Waals surface area contributed by atoms with Crippen LogP contribution in [0.25, 0.3) is 0 Å². The minimum Gasteiger partial charge on any atom is -0.400 e. The van der Waals surface area contributed by atoms with Crippen LogP contribution in [0.15, 0.2) is 51.2 Å². The molecular formula is C21H31N5O3S. The van der Waals surface area contributed by atoms with Gasteiger partial charge in [-0.2, -0.15) is 9.48 Å². The topological polar surface area (TPSA) is 138 Å². The number of allylic oxidation sites excluding steroid dienone is 2. The average molecular weight is 434 g/mol. The van der Waals surface area contributed by atoms with Crippen LogP contribution >= 0.6 is 0 Å². The fraction of sp³-hybridized carbons (Fsp3) is 0.524. The summed E-state index contributed by atoms with van der Waals surface area (Å²) in [6, 6.07) is 9.47. The van der Waals surface area contributed by atoms with Gasteiger partial charge in [0.1, 0.15) is 0 Å². The molecule has 0 spiro atoms. The molecule has 1 aliphatic heterocycles. The molecule has 1 aliphatic rings. The molecule has 1 aromatic rings. The summed E-state index contributed by atoms with van der Waals surface area (Å²) in [4.78, 5) is 24.5. The van der Waals surface area contributed by atoms with Crippen molar-refractivity contribution in [2.45, 2.75) is 47.1 Å². The summed E-state index contributed by atoms with van der Waals surface area (Å²) in [6.45, 7) is 7.60. The Bertz CT molecular complexity index is 974. The number of nitrogens with two attached hydrogens (primary N) is 1. The van der Waals surface area contributed by atoms with Crippen molar-refractivity contribution >= 4 is 21.5 Å². The second-order valence-corrected chi connectivity index (χ2v) is 11.3. The first-order valence-corrected chi connectivity index (χ1v) is 11.7. The maximum Gasteiger partial charge on any atom is 0.254 e. The quantitative estimate of drug-likeness (QED) is 0.592. The summed E-state index contributed by atoms with van der Waals surface area (Å²) in [5.74, 6) is -0.653. The molecule has 1 unspecified atom stereocenters. The lowest BCUT2D eigenvalue weighted by Crippen LogP contribution is -2.30. The Labute approximate surface area is 178 Å². The lowest BCUT2D eigenvalue weighted by atomic mass is 9.83. The maximum atomic E-state index is 13.6. The highest BCUT2D eigenvalue weighted by Gasteiger charge is 2.42. The fourth-order valence-electron chi connectivity index (χ4n) is 3.62. The van der Waals surface area contributed by atoms with Crippen LogP contribution in [0.5, 0.6) is 0 Å². The van der Waals surface area contributed by atoms with Gasteiger partial charge in [-0.05, 0) is 5.56 Å². The van der Waals surface area contributed by atoms with Gasteiger partial charge in [0.2, 0.25) is 5.91 Å². The lowest BCUT2D eigenvalue weighted by Gasteiger charge is -2.25. The lowest BCUT2D eigenvalue weighted by molar-refractivity contribution is -0.125. The molecule has 0 bridgehead atoms. The van der Waals surface area contributed by atoms with Crippen LogP contribution in [0.3, 0.4) is 0 Å². The number of carbonyl (C=O) groups excluding carboxylic acids is 2. The van der Waals surface area contributed by atoms with Gasteiger partial charge < -0.3 is 11.1 Å². The Kier molecular flexibility index (Phi) is 7.18. The van der Waals surface area contributed by atoms with Crippen molar-refractivity contribution in [2.75, 3.05) is 11.5 Å². The van der Waals surface area contributed by atoms with Crippen molar-refractivity contribution in [2.24, 2.45) is 26.0 Å². The molecule has 1 heterocycles. The molecule has 4 N–H and O–H groups in total. The number of hydrogen-bond donors (Lipinski definition) is 3. The van der Waals surface area contributed by atoms with Gasteiger partial charge in [-0.15, -0.1) is 0 Å². The van der Waals surface area contributed by atoms with Crippen molar-refractivity contribution in [3.05, 3.63) is 47.3 Å². The van der Waals surface area contributed by atoms with Crippen molar-refractivity contribution in [3.63, 3.8) is 0 Å². The van der Waals surface area contributed by atoms with Crippen LogP contribution in [0.2, 0.25) is 0 Å². The second kappa shape index (κ2) is 9.07. The molecule has 0 saturated carbocycles. The van der Waals surface area contributed by atoms with E-state index in [-0.39, 0.29) is 30.3 Å². The summed E-state index contributed by atoms with van der Waals surface area (Å²) < 4.78 is 17.6. The Morgan fingerprint density at radius 1 is 1.10 bits per heavy atom. The molecule has 0 radical (unpaired) electrons. The summed E-state index contributed by atoms with van der Waals surface area (Å²) in [7, 11) is -2.94. The Morgan fingerprint density at radius 2 is 1.70 bits per heavy atom. The molecule has 9 heteroatoms. The molecule has 2 amide bonds. The summed E-state index contributed by atoms with van der Waals surface area (Å²) in [6.07, 6.45) is -0.137. The molecular weight excluding hydrogens is 402 g/mol. The molecule has 8 nitrogen and oxygen atoms in total. The molecule has 1 aromatic carbocycles. The van der Waals surface area contributed by atoms with Gasteiger partial charge >= 0.3 is 0 Å². The highest BCUT2D eigenvalue weighted by molar-refractivity contribution is 7.94. The van der Waals surface area contributed by atoms with Crippen LogP contribution in [0.1, 0.15) is 46.1 Å². The van der Waals surface area contributed by atoms with Crippen molar-refractivity contribution in [1.82, 2.24) is 5.32 Å². The Morgan fingerprint density at radius 3 is 2.30 bits per heavy atom. The van der Waals surface area contributed by atoms with E-state index in [1.165, 1.54) is 0 Å². The zero-order valence-electron chi connectivity index (χ0n) is 18.0. The SMILES string of the molecule is CC1(C)CS(=O)(=NC(=O)CCC(=O)NCc2ccccc2)CC(C)(C)C(N=N)=C1N. The molecule has 0 saturated heterocycles. The maximum absolute atomic E-state index is 13.6. The zero-order chi connectivity index (χ0) is 22.6. The highest BCUT2D eigenvalue weighted by atomic mass is 32.2. The van der Waals surface area contributed by atoms with Gasteiger partial charge in [0.25, 0.3) is 5.91 Å². The average Bonchev–Trinajstić information content (AvgIpc) is 2.68. The third-order valence-corrected chi connectivity index (χ3v) is 7.96. The molecule has 0 aliphatic carbocycles. The van der Waals surface area contributed by atoms with Crippen LogP contribution in [0, 0.1) is 16.4 Å². The van der Waals surface area contributed by atoms with Crippen LogP contribution in [-0.2, 0) is 25.9 Å². The van der Waals surface area contributed by atoms with E-state index in [0.717, 1.165) is 5.56 Å². The minimum atomic E-state index is -2.94. The number of nitrogens with zero attached hydrogens (tertiary/aromatic N) is 2. The van der Waals surface area contributed by atoms with E-state index in [2.05, 4.69) is 14.8 Å². The van der Waals surface area contributed by atoms with E-state index < -0.39 is 26.5 Å². The van der Waals surface area contributed by atoms with Crippen LogP contribution < -0.4 is 11.1 Å². The van der Waals surface area contributed by atoms with E-state index in [1.807, 2.05) is 44.2 Å². The zero-order valence-corrected chi connectivity index (χ0v) is 18.8. The van der Waals surface area contributed by atoms with E-state index in [1.54, 1.807) is 13.8 Å². The first-order chi connectivity index (χ1) is 13.9. The number of hydrogen-bond acceptors (Lipinski definition) is 6. The minimum absolute atomic E-state index is 0.0227. The number of rotatable bonds is 6. The molecule has 2 rings (SSSR count). The first kappa shape index (κ1) is 23.7. The number of carbonyl (C=O) groups is 2. The number of amides is 2. The van der Waals surface area contributed by atoms with E-state index in [0.29, 0.717) is 17.9 Å². The van der Waals surface area contributed by atoms with Gasteiger partial charge in [0.05, 0.1) is 15.4 Å². The molecule has 164 valence electrons. The predicted molar refractivity (Wildman–Crippen MR) is 117 cm³/mol. The third-order valence-electron chi connectivity index (χ3n) is 5.08. The Balaban J connectivity index is 2.07. The van der Waals surface area contributed by atoms with Crippen LogP contribution in [-0.4, -0.2) is 27.5 Å².